The van der Waals surface area contributed by atoms with E-state index in [0.29, 0.717) is 38.0 Å². The van der Waals surface area contributed by atoms with Crippen LogP contribution in [0.3, 0.4) is 0 Å². The van der Waals surface area contributed by atoms with Crippen molar-refractivity contribution >= 4 is 15.8 Å². The topological polar surface area (TPSA) is 245 Å². The van der Waals surface area contributed by atoms with Crippen molar-refractivity contribution in [2.24, 2.45) is 17.8 Å². The lowest BCUT2D eigenvalue weighted by Crippen LogP contribution is -2.61. The van der Waals surface area contributed by atoms with Gasteiger partial charge in [0.05, 0.1) is 63.9 Å². The molecule has 1 aromatic carbocycles. The maximum absolute atomic E-state index is 14.5. The molecular formula is C53H90FN5O14S. The van der Waals surface area contributed by atoms with Crippen molar-refractivity contribution < 1.29 is 71.6 Å². The zero-order valence-corrected chi connectivity index (χ0v) is 47.2. The fourth-order valence-corrected chi connectivity index (χ4v) is 12.8. The molecule has 0 unspecified atom stereocenters. The Morgan fingerprint density at radius 1 is 0.973 bits per heavy atom. The van der Waals surface area contributed by atoms with Gasteiger partial charge in [-0.1, -0.05) is 45.0 Å². The smallest absolute Gasteiger partial charge is 0.311 e. The average molecular weight is 1070 g/mol. The van der Waals surface area contributed by atoms with Crippen LogP contribution in [0.25, 0.3) is 0 Å². The number of hydrogen-bond donors (Lipinski definition) is 5. The van der Waals surface area contributed by atoms with Crippen LogP contribution in [0.2, 0.25) is 0 Å². The van der Waals surface area contributed by atoms with Gasteiger partial charge in [0.1, 0.15) is 36.7 Å². The Balaban J connectivity index is 1.42. The maximum atomic E-state index is 14.5. The van der Waals surface area contributed by atoms with Crippen LogP contribution in [0, 0.1) is 17.8 Å². The first-order chi connectivity index (χ1) is 34.5. The summed E-state index contributed by atoms with van der Waals surface area (Å²) in [6, 6.07) is 4.73. The summed E-state index contributed by atoms with van der Waals surface area (Å²) in [6.45, 7) is 19.2. The van der Waals surface area contributed by atoms with Crippen molar-refractivity contribution in [2.45, 2.75) is 222 Å². The molecule has 3 fully saturated rings. The SMILES string of the molecule is CCCS(=O)(=O)c1ccc(C[C@@H](CF)n2cc(CCN(C)[C@H]3C[C@@H](C)O[C@@H](O[C@@H]4[C@@H](C)[C@H](O[C@H]5C[C@@](C)(OC)[C@@H](O)[C@H](C)O5)[C@@H](C)C(=O)O[C@H](CC)[C@@](C)(O)[C@H](O)[C@@H](C)N(C)C[C@H](C)C[C@@]4(C)O)[C@@H]3O)nn2)cc1. The Labute approximate surface area is 439 Å². The zero-order chi connectivity index (χ0) is 55.2. The summed E-state index contributed by atoms with van der Waals surface area (Å²) in [5, 5.41) is 68.3. The van der Waals surface area contributed by atoms with E-state index in [-0.39, 0.29) is 42.2 Å². The van der Waals surface area contributed by atoms with Gasteiger partial charge in [0.25, 0.3) is 0 Å². The highest BCUT2D eigenvalue weighted by Crippen LogP contribution is 2.40. The number of aliphatic hydroxyl groups is 5. The molecule has 2 aromatic rings. The molecule has 19 atom stereocenters. The molecule has 424 valence electrons. The van der Waals surface area contributed by atoms with E-state index >= 15 is 0 Å². The molecule has 0 radical (unpaired) electrons. The molecule has 4 heterocycles. The number of esters is 1. The van der Waals surface area contributed by atoms with E-state index in [2.05, 4.69) is 10.3 Å². The fourth-order valence-electron chi connectivity index (χ4n) is 11.4. The van der Waals surface area contributed by atoms with Gasteiger partial charge in [-0.05, 0) is 118 Å². The summed E-state index contributed by atoms with van der Waals surface area (Å²) < 4.78 is 79.3. The number of halogens is 1. The number of rotatable bonds is 17. The molecule has 3 aliphatic rings. The highest BCUT2D eigenvalue weighted by atomic mass is 32.2. The third-order valence-electron chi connectivity index (χ3n) is 16.2. The summed E-state index contributed by atoms with van der Waals surface area (Å²) >= 11 is 0. The molecule has 3 aliphatic heterocycles. The van der Waals surface area contributed by atoms with Gasteiger partial charge in [0.2, 0.25) is 0 Å². The monoisotopic (exact) mass is 1070 g/mol. The Hall–Kier alpha value is -2.77. The van der Waals surface area contributed by atoms with Crippen LogP contribution in [0.15, 0.2) is 35.4 Å². The quantitative estimate of drug-likeness (QED) is 0.140. The predicted molar refractivity (Wildman–Crippen MR) is 274 cm³/mol. The number of carbonyl (C=O) groups is 1. The molecule has 0 amide bonds. The van der Waals surface area contributed by atoms with E-state index in [0.717, 1.165) is 5.56 Å². The summed E-state index contributed by atoms with van der Waals surface area (Å²) in [7, 11) is 1.80. The highest BCUT2D eigenvalue weighted by Gasteiger charge is 2.53. The Kier molecular flexibility index (Phi) is 21.6. The lowest BCUT2D eigenvalue weighted by atomic mass is 9.77. The Morgan fingerprint density at radius 2 is 1.64 bits per heavy atom. The van der Waals surface area contributed by atoms with E-state index in [9.17, 15) is 43.1 Å². The van der Waals surface area contributed by atoms with Gasteiger partial charge in [-0.3, -0.25) is 4.79 Å². The van der Waals surface area contributed by atoms with Crippen LogP contribution >= 0.6 is 0 Å². The number of aliphatic hydroxyl groups excluding tert-OH is 3. The Bertz CT molecular complexity index is 2190. The second-order valence-electron chi connectivity index (χ2n) is 22.6. The van der Waals surface area contributed by atoms with E-state index in [1.165, 1.54) is 18.7 Å². The largest absolute Gasteiger partial charge is 0.459 e. The minimum Gasteiger partial charge on any atom is -0.459 e. The minimum absolute atomic E-state index is 0.0506. The number of ether oxygens (including phenoxy) is 6. The van der Waals surface area contributed by atoms with Gasteiger partial charge >= 0.3 is 5.97 Å². The van der Waals surface area contributed by atoms with Crippen LogP contribution in [0.4, 0.5) is 4.39 Å². The molecule has 74 heavy (non-hydrogen) atoms. The third kappa shape index (κ3) is 14.7. The first-order valence-corrected chi connectivity index (χ1v) is 28.2. The second kappa shape index (κ2) is 25.8. The number of nitrogens with zero attached hydrogens (tertiary/aromatic N) is 5. The maximum Gasteiger partial charge on any atom is 0.311 e. The van der Waals surface area contributed by atoms with E-state index in [1.54, 1.807) is 78.9 Å². The molecule has 5 rings (SSSR count). The molecule has 1 aromatic heterocycles. The number of cyclic esters (lactones) is 1. The van der Waals surface area contributed by atoms with Gasteiger partial charge in [0, 0.05) is 57.2 Å². The number of likely N-dealkylation sites (N-methyl/N-ethyl adjacent to an activating group) is 2. The van der Waals surface area contributed by atoms with Gasteiger partial charge in [-0.15, -0.1) is 5.10 Å². The number of sulfone groups is 1. The summed E-state index contributed by atoms with van der Waals surface area (Å²) in [5.41, 5.74) is -3.25. The highest BCUT2D eigenvalue weighted by molar-refractivity contribution is 7.91. The zero-order valence-electron chi connectivity index (χ0n) is 46.3. The van der Waals surface area contributed by atoms with Crippen LogP contribution in [-0.4, -0.2) is 202 Å². The van der Waals surface area contributed by atoms with Crippen LogP contribution in [0.1, 0.15) is 126 Å². The van der Waals surface area contributed by atoms with Gasteiger partial charge in [-0.2, -0.15) is 0 Å². The lowest BCUT2D eigenvalue weighted by molar-refractivity contribution is -0.318. The molecule has 19 nitrogen and oxygen atoms in total. The van der Waals surface area contributed by atoms with E-state index in [4.69, 9.17) is 28.4 Å². The molecular weight excluding hydrogens is 982 g/mol. The normalized spacial score (nSPS) is 39.0. The number of methoxy groups -OCH3 is 1. The molecule has 0 aliphatic carbocycles. The Morgan fingerprint density at radius 3 is 2.24 bits per heavy atom. The van der Waals surface area contributed by atoms with Gasteiger partial charge in [0.15, 0.2) is 22.4 Å². The summed E-state index contributed by atoms with van der Waals surface area (Å²) in [6.07, 6.45) is -6.68. The summed E-state index contributed by atoms with van der Waals surface area (Å²) in [4.78, 5) is 18.6. The lowest BCUT2D eigenvalue weighted by Gasteiger charge is -2.49. The molecule has 5 N–H and O–H groups in total. The van der Waals surface area contributed by atoms with Crippen molar-refractivity contribution in [2.75, 3.05) is 46.7 Å². The number of aromatic nitrogens is 3. The van der Waals surface area contributed by atoms with Crippen molar-refractivity contribution in [3.8, 4) is 0 Å². The molecule has 0 saturated carbocycles. The van der Waals surface area contributed by atoms with Crippen LogP contribution in [-0.2, 0) is 55.9 Å². The molecule has 21 heteroatoms. The van der Waals surface area contributed by atoms with Crippen molar-refractivity contribution in [1.29, 1.82) is 0 Å². The number of benzene rings is 1. The molecule has 3 saturated heterocycles. The number of carbonyl (C=O) groups excluding carboxylic acids is 1. The first-order valence-electron chi connectivity index (χ1n) is 26.6. The fraction of sp³-hybridized carbons (Fsp3) is 0.830. The van der Waals surface area contributed by atoms with Gasteiger partial charge in [-0.25, -0.2) is 17.5 Å². The number of alkyl halides is 1. The standard InChI is InChI=1S/C53H90FN5O14S/c1-15-23-74(66,67)40-19-17-37(18-20-40)25-39(28-54)59-30-38(55-56-59)21-22-57(12)41-24-32(4)69-50(44(41)60)73-48-33(5)45(72-43-27-52(10,68-14)47(62)36(8)70-43)34(6)49(63)71-42(16-2)53(11,65)46(61)35(7)58(13)29-31(3)26-51(48,9)64/h17-20,30-36,39,41-48,50,60-62,64-65H,15-16,21-29H2,1-14H3/t31-,32-,33+,34-,35-,36+,39+,41+,42-,43+,44-,45+,46-,47+,48-,50+,51-,52-,53-/m1/s1. The molecule has 0 bridgehead atoms. The van der Waals surface area contributed by atoms with Crippen LogP contribution < -0.4 is 0 Å². The summed E-state index contributed by atoms with van der Waals surface area (Å²) in [5.74, 6) is -2.86. The van der Waals surface area contributed by atoms with Crippen LogP contribution in [0.5, 0.6) is 0 Å². The average Bonchev–Trinajstić information content (AvgIpc) is 3.82. The van der Waals surface area contributed by atoms with Crippen molar-refractivity contribution in [1.82, 2.24) is 24.8 Å². The van der Waals surface area contributed by atoms with Crippen molar-refractivity contribution in [3.05, 3.63) is 41.7 Å². The van der Waals surface area contributed by atoms with Gasteiger partial charge < -0.3 is 63.8 Å². The third-order valence-corrected chi connectivity index (χ3v) is 18.1. The first kappa shape index (κ1) is 62.1. The predicted octanol–water partition coefficient (Wildman–Crippen LogP) is 4.04. The van der Waals surface area contributed by atoms with E-state index < -0.39 is 131 Å². The van der Waals surface area contributed by atoms with E-state index in [1.807, 2.05) is 44.7 Å². The molecule has 0 spiro atoms. The minimum atomic E-state index is -3.38. The number of hydrogen-bond acceptors (Lipinski definition) is 18. The second-order valence-corrected chi connectivity index (χ2v) is 24.7. The van der Waals surface area contributed by atoms with Crippen molar-refractivity contribution in [3.63, 3.8) is 0 Å².